The standard InChI is InChI=1S/C20H37N/c1-5-21-19-10-14(2)6-9-18(19)20(3,4)13-17-12-15-7-8-16(17)11-15/h14-19,21H,5-13H2,1-4H3. The highest BCUT2D eigenvalue weighted by atomic mass is 14.9. The number of fused-ring (bicyclic) bond motifs is 2. The number of hydrogen-bond acceptors (Lipinski definition) is 1. The topological polar surface area (TPSA) is 12.0 Å². The van der Waals surface area contributed by atoms with Crippen molar-refractivity contribution in [3.8, 4) is 0 Å². The van der Waals surface area contributed by atoms with Gasteiger partial charge in [0, 0.05) is 6.04 Å². The summed E-state index contributed by atoms with van der Waals surface area (Å²) in [6.45, 7) is 11.0. The minimum Gasteiger partial charge on any atom is -0.314 e. The first kappa shape index (κ1) is 15.8. The highest BCUT2D eigenvalue weighted by Crippen LogP contribution is 2.54. The average molecular weight is 292 g/mol. The van der Waals surface area contributed by atoms with Crippen molar-refractivity contribution in [3.63, 3.8) is 0 Å². The predicted octanol–water partition coefficient (Wildman–Crippen LogP) is 5.25. The zero-order valence-electron chi connectivity index (χ0n) is 14.8. The lowest BCUT2D eigenvalue weighted by Gasteiger charge is -2.46. The van der Waals surface area contributed by atoms with Gasteiger partial charge in [0.1, 0.15) is 0 Å². The van der Waals surface area contributed by atoms with Gasteiger partial charge in [0.25, 0.3) is 0 Å². The molecule has 6 atom stereocenters. The maximum absolute atomic E-state index is 3.83. The summed E-state index contributed by atoms with van der Waals surface area (Å²) in [7, 11) is 0. The average Bonchev–Trinajstić information content (AvgIpc) is 3.00. The van der Waals surface area contributed by atoms with Crippen molar-refractivity contribution in [1.29, 1.82) is 0 Å². The van der Waals surface area contributed by atoms with E-state index >= 15 is 0 Å². The Morgan fingerprint density at radius 3 is 2.43 bits per heavy atom. The fourth-order valence-corrected chi connectivity index (χ4v) is 6.26. The molecule has 0 aromatic heterocycles. The van der Waals surface area contributed by atoms with E-state index in [1.165, 1.54) is 25.7 Å². The van der Waals surface area contributed by atoms with Gasteiger partial charge in [0.05, 0.1) is 0 Å². The van der Waals surface area contributed by atoms with E-state index < -0.39 is 0 Å². The Labute approximate surface area is 132 Å². The molecule has 2 bridgehead atoms. The second-order valence-electron chi connectivity index (χ2n) is 9.32. The van der Waals surface area contributed by atoms with Gasteiger partial charge in [-0.2, -0.15) is 0 Å². The second kappa shape index (κ2) is 6.22. The lowest BCUT2D eigenvalue weighted by Crippen LogP contribution is -2.47. The fraction of sp³-hybridized carbons (Fsp3) is 1.00. The van der Waals surface area contributed by atoms with Crippen molar-refractivity contribution in [3.05, 3.63) is 0 Å². The van der Waals surface area contributed by atoms with Gasteiger partial charge < -0.3 is 5.32 Å². The Hall–Kier alpha value is -0.0400. The Bertz CT molecular complexity index is 348. The van der Waals surface area contributed by atoms with Gasteiger partial charge in [-0.15, -0.1) is 0 Å². The fourth-order valence-electron chi connectivity index (χ4n) is 6.26. The number of rotatable bonds is 5. The Balaban J connectivity index is 1.64. The first-order valence-electron chi connectivity index (χ1n) is 9.73. The minimum absolute atomic E-state index is 0.530. The van der Waals surface area contributed by atoms with Crippen molar-refractivity contribution in [2.75, 3.05) is 6.54 Å². The van der Waals surface area contributed by atoms with Crippen LogP contribution in [0, 0.1) is 35.0 Å². The van der Waals surface area contributed by atoms with E-state index in [0.717, 1.165) is 42.2 Å². The molecule has 122 valence electrons. The summed E-state index contributed by atoms with van der Waals surface area (Å²) in [4.78, 5) is 0. The zero-order valence-corrected chi connectivity index (χ0v) is 14.8. The van der Waals surface area contributed by atoms with Crippen LogP contribution in [0.15, 0.2) is 0 Å². The molecule has 0 amide bonds. The van der Waals surface area contributed by atoms with E-state index in [1.54, 1.807) is 25.7 Å². The molecule has 3 fully saturated rings. The third-order valence-corrected chi connectivity index (χ3v) is 7.26. The predicted molar refractivity (Wildman–Crippen MR) is 91.3 cm³/mol. The maximum atomic E-state index is 3.83. The van der Waals surface area contributed by atoms with Crippen LogP contribution < -0.4 is 5.32 Å². The van der Waals surface area contributed by atoms with Crippen LogP contribution in [0.25, 0.3) is 0 Å². The van der Waals surface area contributed by atoms with E-state index in [9.17, 15) is 0 Å². The number of hydrogen-bond donors (Lipinski definition) is 1. The van der Waals surface area contributed by atoms with E-state index in [1.807, 2.05) is 0 Å². The molecule has 0 heterocycles. The van der Waals surface area contributed by atoms with Crippen LogP contribution in [0.3, 0.4) is 0 Å². The summed E-state index contributed by atoms with van der Waals surface area (Å²) < 4.78 is 0. The summed E-state index contributed by atoms with van der Waals surface area (Å²) in [5.41, 5.74) is 0.530. The quantitative estimate of drug-likeness (QED) is 0.729. The molecule has 3 saturated carbocycles. The van der Waals surface area contributed by atoms with Crippen molar-refractivity contribution in [1.82, 2.24) is 5.32 Å². The molecule has 3 aliphatic rings. The van der Waals surface area contributed by atoms with Gasteiger partial charge >= 0.3 is 0 Å². The van der Waals surface area contributed by atoms with Crippen LogP contribution in [-0.4, -0.2) is 12.6 Å². The summed E-state index contributed by atoms with van der Waals surface area (Å²) in [6, 6.07) is 0.771. The van der Waals surface area contributed by atoms with Gasteiger partial charge in [-0.25, -0.2) is 0 Å². The first-order valence-corrected chi connectivity index (χ1v) is 9.73. The molecule has 1 nitrogen and oxygen atoms in total. The monoisotopic (exact) mass is 291 g/mol. The molecule has 3 rings (SSSR count). The van der Waals surface area contributed by atoms with Crippen molar-refractivity contribution < 1.29 is 0 Å². The summed E-state index contributed by atoms with van der Waals surface area (Å²) in [6.07, 6.45) is 12.0. The molecule has 6 unspecified atom stereocenters. The summed E-state index contributed by atoms with van der Waals surface area (Å²) >= 11 is 0. The highest BCUT2D eigenvalue weighted by molar-refractivity contribution is 4.97. The highest BCUT2D eigenvalue weighted by Gasteiger charge is 2.45. The molecule has 0 saturated heterocycles. The number of nitrogens with one attached hydrogen (secondary N) is 1. The molecule has 1 heteroatoms. The normalized spacial score (nSPS) is 43.4. The van der Waals surface area contributed by atoms with Crippen molar-refractivity contribution >= 4 is 0 Å². The van der Waals surface area contributed by atoms with Gasteiger partial charge in [-0.3, -0.25) is 0 Å². The van der Waals surface area contributed by atoms with Gasteiger partial charge in [-0.05, 0) is 80.1 Å². The summed E-state index contributed by atoms with van der Waals surface area (Å²) in [5, 5.41) is 3.83. The molecule has 3 aliphatic carbocycles. The third-order valence-electron chi connectivity index (χ3n) is 7.26. The van der Waals surface area contributed by atoms with Gasteiger partial charge in [-0.1, -0.05) is 40.5 Å². The largest absolute Gasteiger partial charge is 0.314 e. The molecule has 21 heavy (non-hydrogen) atoms. The molecular weight excluding hydrogens is 254 g/mol. The van der Waals surface area contributed by atoms with Gasteiger partial charge in [0.2, 0.25) is 0 Å². The molecule has 0 aliphatic heterocycles. The van der Waals surface area contributed by atoms with Crippen molar-refractivity contribution in [2.24, 2.45) is 35.0 Å². The molecule has 1 N–H and O–H groups in total. The second-order valence-corrected chi connectivity index (χ2v) is 9.32. The minimum atomic E-state index is 0.530. The SMILES string of the molecule is CCNC1CC(C)CCC1C(C)(C)CC1CC2CCC1C2. The Kier molecular flexibility index (Phi) is 4.69. The van der Waals surface area contributed by atoms with Crippen LogP contribution in [-0.2, 0) is 0 Å². The molecule has 0 radical (unpaired) electrons. The van der Waals surface area contributed by atoms with Crippen LogP contribution in [0.4, 0.5) is 0 Å². The summed E-state index contributed by atoms with van der Waals surface area (Å²) in [5.74, 6) is 5.07. The first-order chi connectivity index (χ1) is 9.99. The van der Waals surface area contributed by atoms with E-state index in [-0.39, 0.29) is 0 Å². The smallest absolute Gasteiger partial charge is 0.0103 e. The lowest BCUT2D eigenvalue weighted by molar-refractivity contribution is 0.0626. The Morgan fingerprint density at radius 1 is 1.00 bits per heavy atom. The lowest BCUT2D eigenvalue weighted by atomic mass is 9.62. The van der Waals surface area contributed by atoms with E-state index in [4.69, 9.17) is 0 Å². The van der Waals surface area contributed by atoms with Crippen LogP contribution >= 0.6 is 0 Å². The molecule has 0 aromatic carbocycles. The Morgan fingerprint density at radius 2 is 1.81 bits per heavy atom. The van der Waals surface area contributed by atoms with E-state index in [2.05, 4.69) is 33.0 Å². The maximum Gasteiger partial charge on any atom is 0.0103 e. The molecule has 0 aromatic rings. The van der Waals surface area contributed by atoms with Crippen molar-refractivity contribution in [2.45, 2.75) is 85.1 Å². The van der Waals surface area contributed by atoms with Gasteiger partial charge in [0.15, 0.2) is 0 Å². The van der Waals surface area contributed by atoms with E-state index in [0.29, 0.717) is 5.41 Å². The zero-order chi connectivity index (χ0) is 15.0. The third kappa shape index (κ3) is 3.33. The molecule has 0 spiro atoms. The van der Waals surface area contributed by atoms with Crippen LogP contribution in [0.5, 0.6) is 0 Å². The van der Waals surface area contributed by atoms with Crippen LogP contribution in [0.1, 0.15) is 79.1 Å². The molecular formula is C20H37N. The van der Waals surface area contributed by atoms with Crippen LogP contribution in [0.2, 0.25) is 0 Å².